The Hall–Kier alpha value is -3.02. The second kappa shape index (κ2) is 8.89. The molecular weight excluding hydrogens is 332 g/mol. The van der Waals surface area contributed by atoms with Crippen LogP contribution in [0.4, 0.5) is 0 Å². The Morgan fingerprint density at radius 3 is 2.31 bits per heavy atom. The van der Waals surface area contributed by atoms with Gasteiger partial charge >= 0.3 is 0 Å². The number of phenolic OH excluding ortho intramolecular Hbond substituents is 1. The Labute approximate surface area is 153 Å². The molecule has 2 aromatic rings. The fourth-order valence-electron chi connectivity index (χ4n) is 2.27. The lowest BCUT2D eigenvalue weighted by Gasteiger charge is -2.15. The minimum atomic E-state index is -0.685. The molecule has 0 aliphatic carbocycles. The van der Waals surface area contributed by atoms with Crippen molar-refractivity contribution in [1.29, 1.82) is 0 Å². The van der Waals surface area contributed by atoms with Crippen molar-refractivity contribution >= 4 is 11.8 Å². The molecule has 26 heavy (non-hydrogen) atoms. The first kappa shape index (κ1) is 19.3. The molecule has 0 fully saturated rings. The highest BCUT2D eigenvalue weighted by atomic mass is 16.5. The van der Waals surface area contributed by atoms with Crippen LogP contribution in [0.5, 0.6) is 11.5 Å². The van der Waals surface area contributed by atoms with Crippen LogP contribution in [0, 0.1) is 13.8 Å². The predicted molar refractivity (Wildman–Crippen MR) is 99.5 cm³/mol. The lowest BCUT2D eigenvalue weighted by Crippen LogP contribution is -2.40. The number of ether oxygens (including phenoxy) is 1. The summed E-state index contributed by atoms with van der Waals surface area (Å²) in [7, 11) is 0. The third kappa shape index (κ3) is 5.51. The van der Waals surface area contributed by atoms with Gasteiger partial charge in [-0.3, -0.25) is 9.59 Å². The Kier molecular flexibility index (Phi) is 6.60. The zero-order chi connectivity index (χ0) is 19.1. The van der Waals surface area contributed by atoms with Crippen LogP contribution in [0.1, 0.15) is 28.4 Å². The molecule has 2 rings (SSSR count). The largest absolute Gasteiger partial charge is 0.508 e. The van der Waals surface area contributed by atoms with Gasteiger partial charge in [-0.25, -0.2) is 0 Å². The smallest absolute Gasteiger partial charge is 0.260 e. The Morgan fingerprint density at radius 2 is 1.65 bits per heavy atom. The van der Waals surface area contributed by atoms with E-state index in [1.165, 1.54) is 12.1 Å². The summed E-state index contributed by atoms with van der Waals surface area (Å²) in [6.07, 6.45) is -0.685. The van der Waals surface area contributed by atoms with E-state index >= 15 is 0 Å². The van der Waals surface area contributed by atoms with E-state index in [1.54, 1.807) is 25.1 Å². The Balaban J connectivity index is 1.72. The van der Waals surface area contributed by atoms with Gasteiger partial charge in [0.1, 0.15) is 11.5 Å². The van der Waals surface area contributed by atoms with Crippen LogP contribution < -0.4 is 15.4 Å². The van der Waals surface area contributed by atoms with E-state index in [0.29, 0.717) is 24.4 Å². The van der Waals surface area contributed by atoms with Gasteiger partial charge in [-0.15, -0.1) is 0 Å². The molecule has 0 aliphatic heterocycles. The van der Waals surface area contributed by atoms with Gasteiger partial charge in [0.15, 0.2) is 6.10 Å². The average Bonchev–Trinajstić information content (AvgIpc) is 2.62. The molecule has 0 bridgehead atoms. The van der Waals surface area contributed by atoms with E-state index in [0.717, 1.165) is 11.1 Å². The standard InChI is InChI=1S/C20H24N2O4/c1-13-4-5-16(12-14(13)2)20(25)22-11-10-21-19(24)15(3)26-18-8-6-17(23)7-9-18/h4-9,12,15,23H,10-11H2,1-3H3,(H,21,24)(H,22,25). The van der Waals surface area contributed by atoms with Gasteiger partial charge in [0.25, 0.3) is 11.8 Å². The van der Waals surface area contributed by atoms with Gasteiger partial charge in [-0.1, -0.05) is 6.07 Å². The van der Waals surface area contributed by atoms with Crippen molar-refractivity contribution in [2.24, 2.45) is 0 Å². The third-order valence-corrected chi connectivity index (χ3v) is 4.00. The number of rotatable bonds is 7. The van der Waals surface area contributed by atoms with Gasteiger partial charge in [-0.05, 0) is 68.3 Å². The molecule has 0 saturated carbocycles. The first-order chi connectivity index (χ1) is 12.4. The maximum Gasteiger partial charge on any atom is 0.260 e. The maximum atomic E-state index is 12.1. The minimum absolute atomic E-state index is 0.133. The van der Waals surface area contributed by atoms with Crippen LogP contribution in [-0.2, 0) is 4.79 Å². The van der Waals surface area contributed by atoms with Gasteiger partial charge < -0.3 is 20.5 Å². The number of phenols is 1. The van der Waals surface area contributed by atoms with E-state index < -0.39 is 6.10 Å². The van der Waals surface area contributed by atoms with Crippen molar-refractivity contribution in [3.05, 3.63) is 59.2 Å². The van der Waals surface area contributed by atoms with Crippen molar-refractivity contribution in [2.45, 2.75) is 26.9 Å². The number of hydrogen-bond acceptors (Lipinski definition) is 4. The summed E-state index contributed by atoms with van der Waals surface area (Å²) < 4.78 is 5.49. The summed E-state index contributed by atoms with van der Waals surface area (Å²) in [6.45, 7) is 6.22. The Morgan fingerprint density at radius 1 is 1.00 bits per heavy atom. The molecule has 6 heteroatoms. The number of aryl methyl sites for hydroxylation is 2. The van der Waals surface area contributed by atoms with Gasteiger partial charge in [0, 0.05) is 18.7 Å². The van der Waals surface area contributed by atoms with Crippen LogP contribution in [-0.4, -0.2) is 36.1 Å². The molecule has 138 valence electrons. The van der Waals surface area contributed by atoms with Crippen LogP contribution in [0.15, 0.2) is 42.5 Å². The first-order valence-corrected chi connectivity index (χ1v) is 8.45. The van der Waals surface area contributed by atoms with E-state index in [2.05, 4.69) is 10.6 Å². The van der Waals surface area contributed by atoms with E-state index in [4.69, 9.17) is 4.74 Å². The van der Waals surface area contributed by atoms with Crippen LogP contribution in [0.25, 0.3) is 0 Å². The number of hydrogen-bond donors (Lipinski definition) is 3. The topological polar surface area (TPSA) is 87.7 Å². The normalized spacial score (nSPS) is 11.5. The van der Waals surface area contributed by atoms with E-state index in [-0.39, 0.29) is 17.6 Å². The molecule has 0 heterocycles. The molecular formula is C20H24N2O4. The van der Waals surface area contributed by atoms with Gasteiger partial charge in [-0.2, -0.15) is 0 Å². The molecule has 1 atom stereocenters. The zero-order valence-electron chi connectivity index (χ0n) is 15.2. The van der Waals surface area contributed by atoms with Gasteiger partial charge in [0.05, 0.1) is 0 Å². The fraction of sp³-hybridized carbons (Fsp3) is 0.300. The monoisotopic (exact) mass is 356 g/mol. The minimum Gasteiger partial charge on any atom is -0.508 e. The number of amides is 2. The molecule has 0 saturated heterocycles. The number of carbonyl (C=O) groups is 2. The highest BCUT2D eigenvalue weighted by molar-refractivity contribution is 5.94. The molecule has 2 amide bonds. The molecule has 0 aliphatic rings. The number of aromatic hydroxyl groups is 1. The zero-order valence-corrected chi connectivity index (χ0v) is 15.2. The molecule has 0 spiro atoms. The number of nitrogens with one attached hydrogen (secondary N) is 2. The second-order valence-corrected chi connectivity index (χ2v) is 6.10. The van der Waals surface area contributed by atoms with Crippen LogP contribution >= 0.6 is 0 Å². The van der Waals surface area contributed by atoms with Gasteiger partial charge in [0.2, 0.25) is 0 Å². The second-order valence-electron chi connectivity index (χ2n) is 6.10. The van der Waals surface area contributed by atoms with E-state index in [9.17, 15) is 14.7 Å². The molecule has 1 unspecified atom stereocenters. The average molecular weight is 356 g/mol. The summed E-state index contributed by atoms with van der Waals surface area (Å²) in [5, 5.41) is 14.7. The van der Waals surface area contributed by atoms with Crippen LogP contribution in [0.3, 0.4) is 0 Å². The van der Waals surface area contributed by atoms with Crippen molar-refractivity contribution in [3.63, 3.8) is 0 Å². The van der Waals surface area contributed by atoms with Crippen molar-refractivity contribution < 1.29 is 19.4 Å². The highest BCUT2D eigenvalue weighted by Crippen LogP contribution is 2.17. The van der Waals surface area contributed by atoms with E-state index in [1.807, 2.05) is 26.0 Å². The summed E-state index contributed by atoms with van der Waals surface area (Å²) in [5.74, 6) is 0.178. The summed E-state index contributed by atoms with van der Waals surface area (Å²) >= 11 is 0. The molecule has 0 aromatic heterocycles. The summed E-state index contributed by atoms with van der Waals surface area (Å²) in [6, 6.07) is 11.7. The number of carbonyl (C=O) groups excluding carboxylic acids is 2. The number of benzene rings is 2. The summed E-state index contributed by atoms with van der Waals surface area (Å²) in [4.78, 5) is 24.1. The van der Waals surface area contributed by atoms with Crippen molar-refractivity contribution in [3.8, 4) is 11.5 Å². The molecule has 3 N–H and O–H groups in total. The lowest BCUT2D eigenvalue weighted by molar-refractivity contribution is -0.127. The van der Waals surface area contributed by atoms with Crippen molar-refractivity contribution in [2.75, 3.05) is 13.1 Å². The SMILES string of the molecule is Cc1ccc(C(=O)NCCNC(=O)C(C)Oc2ccc(O)cc2)cc1C. The van der Waals surface area contributed by atoms with Crippen molar-refractivity contribution in [1.82, 2.24) is 10.6 Å². The maximum absolute atomic E-state index is 12.1. The third-order valence-electron chi connectivity index (χ3n) is 4.00. The van der Waals surface area contributed by atoms with Crippen LogP contribution in [0.2, 0.25) is 0 Å². The first-order valence-electron chi connectivity index (χ1n) is 8.45. The Bertz CT molecular complexity index is 772. The molecule has 0 radical (unpaired) electrons. The highest BCUT2D eigenvalue weighted by Gasteiger charge is 2.14. The fourth-order valence-corrected chi connectivity index (χ4v) is 2.27. The molecule has 2 aromatic carbocycles. The quantitative estimate of drug-likeness (QED) is 0.665. The lowest BCUT2D eigenvalue weighted by atomic mass is 10.1. The predicted octanol–water partition coefficient (Wildman–Crippen LogP) is 2.32. The summed E-state index contributed by atoms with van der Waals surface area (Å²) in [5.41, 5.74) is 2.80. The molecule has 6 nitrogen and oxygen atoms in total.